The topological polar surface area (TPSA) is 426 Å². The van der Waals surface area contributed by atoms with Gasteiger partial charge in [0.25, 0.3) is 6.26 Å². The summed E-state index contributed by atoms with van der Waals surface area (Å²) < 4.78 is 173. The Morgan fingerprint density at radius 3 is 0.897 bits per heavy atom. The Hall–Kier alpha value is -7.54. The summed E-state index contributed by atoms with van der Waals surface area (Å²) in [6.07, 6.45) is 4.97. The van der Waals surface area contributed by atoms with Gasteiger partial charge in [-0.2, -0.15) is 5.26 Å². The Balaban J connectivity index is 0.000000245. The predicted molar refractivity (Wildman–Crippen MR) is 554 cm³/mol. The molecule has 0 bridgehead atoms. The van der Waals surface area contributed by atoms with Gasteiger partial charge in [0.1, 0.15) is 117 Å². The largest absolute Gasteiger partial charge is 0.501 e. The molecule has 12 unspecified atom stereocenters. The van der Waals surface area contributed by atoms with Gasteiger partial charge >= 0.3 is 38.6 Å². The van der Waals surface area contributed by atoms with Crippen LogP contribution in [0.3, 0.4) is 0 Å². The second-order valence-electron chi connectivity index (χ2n) is 35.4. The van der Waals surface area contributed by atoms with Crippen molar-refractivity contribution >= 4 is 70.9 Å². The van der Waals surface area contributed by atoms with E-state index in [-0.39, 0.29) is 91.1 Å². The average Bonchev–Trinajstić information content (AvgIpc) is 1.62. The molecule has 6 aromatic rings. The zero-order valence-electron chi connectivity index (χ0n) is 87.8. The monoisotopic (exact) mass is 2110 g/mol. The number of nitrogens with zero attached hydrogens (tertiary/aromatic N) is 1. The van der Waals surface area contributed by atoms with Gasteiger partial charge in [0.15, 0.2) is 6.10 Å². The third kappa shape index (κ3) is 42.2. The number of hydrogen-bond donors (Lipinski definition) is 4. The van der Waals surface area contributed by atoms with Crippen LogP contribution in [0.5, 0.6) is 34.5 Å². The van der Waals surface area contributed by atoms with Gasteiger partial charge in [0.05, 0.1) is 110 Å². The van der Waals surface area contributed by atoms with Crippen molar-refractivity contribution in [1.82, 2.24) is 10.6 Å². The van der Waals surface area contributed by atoms with Crippen LogP contribution in [0.4, 0.5) is 9.59 Å². The van der Waals surface area contributed by atoms with Crippen molar-refractivity contribution in [2.45, 2.75) is 247 Å². The first-order chi connectivity index (χ1) is 70.3. The van der Waals surface area contributed by atoms with E-state index in [1.165, 1.54) is 11.1 Å². The molecule has 8 fully saturated rings. The van der Waals surface area contributed by atoms with Crippen molar-refractivity contribution in [3.05, 3.63) is 114 Å². The molecule has 0 saturated carbocycles. The van der Waals surface area contributed by atoms with E-state index in [2.05, 4.69) is 39.6 Å². The molecular weight excluding hydrogens is 1940 g/mol. The highest BCUT2D eigenvalue weighted by Crippen LogP contribution is 2.45. The number of fused-ring (bicyclic) bond motifs is 3. The minimum Gasteiger partial charge on any atom is -0.490 e. The van der Waals surface area contributed by atoms with E-state index in [1.807, 2.05) is 139 Å². The number of amides is 2. The van der Waals surface area contributed by atoms with Crippen LogP contribution in [0.1, 0.15) is 150 Å². The van der Waals surface area contributed by atoms with Crippen molar-refractivity contribution in [3.8, 4) is 40.8 Å². The van der Waals surface area contributed by atoms with Gasteiger partial charge in [-0.15, -0.1) is 0 Å². The summed E-state index contributed by atoms with van der Waals surface area (Å²) >= 11 is 0. The number of benzene rings is 6. The van der Waals surface area contributed by atoms with Gasteiger partial charge < -0.3 is 168 Å². The second kappa shape index (κ2) is 65.6. The van der Waals surface area contributed by atoms with Crippen molar-refractivity contribution < 1.29 is 159 Å². The number of nitrogens with one attached hydrogen (secondary N) is 2. The van der Waals surface area contributed by atoms with Crippen molar-refractivity contribution in [1.29, 1.82) is 5.26 Å². The predicted octanol–water partition coefficient (Wildman–Crippen LogP) is 14.2. The average molecular weight is 2110 g/mol. The van der Waals surface area contributed by atoms with Gasteiger partial charge in [-0.3, -0.25) is 0 Å². The van der Waals surface area contributed by atoms with E-state index >= 15 is 0 Å². The summed E-state index contributed by atoms with van der Waals surface area (Å²) in [7, 11) is -8.23. The Morgan fingerprint density at radius 1 is 0.336 bits per heavy atom. The van der Waals surface area contributed by atoms with Crippen LogP contribution in [0.15, 0.2) is 72.8 Å². The fraction of sp³-hybridized carbons (Fsp3) is 0.679. The van der Waals surface area contributed by atoms with E-state index in [4.69, 9.17) is 140 Å². The van der Waals surface area contributed by atoms with Gasteiger partial charge in [-0.1, -0.05) is 80.2 Å². The quantitative estimate of drug-likeness (QED) is 0.00905. The highest BCUT2D eigenvalue weighted by atomic mass is 28.4. The van der Waals surface area contributed by atoms with Crippen LogP contribution in [0.25, 0.3) is 32.3 Å². The van der Waals surface area contributed by atoms with Crippen LogP contribution in [0.2, 0.25) is 18.1 Å². The number of carbonyl (C=O) groups is 2. The Bertz CT molecular complexity index is 4660. The summed E-state index contributed by atoms with van der Waals surface area (Å²) in [6, 6.07) is 26.5. The normalized spacial score (nSPS) is 19.3. The summed E-state index contributed by atoms with van der Waals surface area (Å²) in [5, 5.41) is 40.3. The first-order valence-electron chi connectivity index (χ1n) is 52.0. The van der Waals surface area contributed by atoms with E-state index in [9.17, 15) is 19.8 Å². The molecule has 37 nitrogen and oxygen atoms in total. The highest BCUT2D eigenvalue weighted by molar-refractivity contribution is 6.61. The molecule has 40 heteroatoms. The van der Waals surface area contributed by atoms with Gasteiger partial charge in [0, 0.05) is 188 Å². The van der Waals surface area contributed by atoms with Crippen molar-refractivity contribution in [3.63, 3.8) is 0 Å². The zero-order chi connectivity index (χ0) is 102. The molecule has 4 N–H and O–H groups in total. The van der Waals surface area contributed by atoms with Crippen LogP contribution in [0, 0.1) is 18.9 Å². The Kier molecular flexibility index (Phi) is 54.8. The number of hydrogen-bond acceptors (Lipinski definition) is 35. The number of epoxide rings is 8. The fourth-order valence-corrected chi connectivity index (χ4v) is 24.2. The summed E-state index contributed by atoms with van der Waals surface area (Å²) in [6.45, 7) is 41.4. The lowest BCUT2D eigenvalue weighted by molar-refractivity contribution is 0.00172. The summed E-state index contributed by atoms with van der Waals surface area (Å²) in [5.74, 6) is 4.57. The molecule has 0 aromatic heterocycles. The maximum atomic E-state index is 13.2. The molecule has 8 saturated heterocycles. The maximum Gasteiger partial charge on any atom is 0.501 e. The smallest absolute Gasteiger partial charge is 0.490 e. The number of carbonyl (C=O) groups excluding carboxylic acids is 2. The molecule has 0 aliphatic carbocycles. The molecule has 822 valence electrons. The van der Waals surface area contributed by atoms with Crippen LogP contribution in [-0.4, -0.2) is 347 Å². The minimum atomic E-state index is -2.85. The molecule has 8 aliphatic heterocycles. The standard InChI is InChI=1S/C46H78N2O16Si2.C26H36O8.C22H24O6.C10H21NO4Si.CH4.CH3/c1-9-51-29-38(63-45(49)47-23-17-25-65(57-11-3,58-12-4)59-13-5)28-36-20-22-41-42(44(36)55-33-39-32-54-39)21-19-35(27-37-31-53-37)43(41)56-34-40(30-52-10-2)64-46(50)48-24-18-26-66(60-14-6,61-15-7)62-16-8;1-3-29-11-19(27)9-17-5-7-24-23(25(17)34-16-22-15-32-22)8-6-18(10-21-14-31-21)26(24)33-13-20(28)12-30-4-2;1-3-19-20(21(27-11-17-9-25-17)13(1)5-15-7-23-15)4-2-14(6-16-8-24-16)22(19)28-12-18-10-26-18;1-4-13-16(14-5-2,15-6-3)9-7-8-12-10-11;;/h19-22,37-40H,9-18,23-34H2,1-8H3,(H,47,49)(H,48,50);5-8,19-22,27-28H,3-4,9-16H2,1-2H3;1-4,15-18H,5-12H2;4-9H2,1-3H3;1H4;1H3/q;;;;;-1. The Morgan fingerprint density at radius 2 is 0.596 bits per heavy atom. The van der Waals surface area contributed by atoms with Crippen molar-refractivity contribution in [2.24, 2.45) is 0 Å². The lowest BCUT2D eigenvalue weighted by Gasteiger charge is -2.28. The third-order valence-corrected chi connectivity index (χ3v) is 33.2. The van der Waals surface area contributed by atoms with E-state index in [0.29, 0.717) is 232 Å². The van der Waals surface area contributed by atoms with Crippen LogP contribution in [-0.2, 0) is 149 Å². The summed E-state index contributed by atoms with van der Waals surface area (Å²) in [5.41, 5.74) is 6.07. The number of nitriles is 1. The molecule has 8 heterocycles. The molecule has 2 amide bonds. The molecule has 14 rings (SSSR count). The van der Waals surface area contributed by atoms with Gasteiger partial charge in [-0.05, 0) is 143 Å². The highest BCUT2D eigenvalue weighted by Gasteiger charge is 2.44. The first-order valence-corrected chi connectivity index (χ1v) is 57.8. The zero-order valence-corrected chi connectivity index (χ0v) is 90.8. The number of rotatable bonds is 74. The first kappa shape index (κ1) is 122. The fourth-order valence-electron chi connectivity index (χ4n) is 16.4. The molecule has 0 spiro atoms. The number of alkyl carbamates (subject to hydrolysis) is 2. The van der Waals surface area contributed by atoms with E-state index < -0.39 is 63.0 Å². The number of ether oxygens (including phenoxy) is 21. The van der Waals surface area contributed by atoms with Crippen LogP contribution >= 0.6 is 0 Å². The molecule has 8 aliphatic rings. The molecule has 12 atom stereocenters. The molecule has 0 radical (unpaired) electrons. The SMILES string of the molecule is C.CCOCC(COc1c(CC2CO2)ccc2c(OCC3CO3)c(CC(COCC)OC(=O)NCCC[Si](OCC)(OCC)OCC)ccc12)OC(=O)NCCC[Si](OCC)(OCC)OCC.CCOCC(O)COc1c(CC2CO2)ccc2c(OCC3CO3)c(CC(O)COCC)ccc12.CCO[Si](CCCOC#N)(OCC)OCC.[CH3-].c1cc2c(OCC3CO3)c(CC3CO3)ccc2c(OCC2CO2)c1CC1CO1. The van der Waals surface area contributed by atoms with E-state index in [0.717, 1.165) is 130 Å². The lowest BCUT2D eigenvalue weighted by atomic mass is 9.97. The second-order valence-corrected chi connectivity index (χ2v) is 43.6. The maximum absolute atomic E-state index is 13.2. The van der Waals surface area contributed by atoms with Crippen molar-refractivity contribution in [2.75, 3.05) is 225 Å². The molecule has 6 aromatic carbocycles. The third-order valence-electron chi connectivity index (χ3n) is 23.7. The molecule has 146 heavy (non-hydrogen) atoms. The Labute approximate surface area is 866 Å². The lowest BCUT2D eigenvalue weighted by Crippen LogP contribution is -2.46. The van der Waals surface area contributed by atoms with Crippen LogP contribution < -0.4 is 39.1 Å². The van der Waals surface area contributed by atoms with E-state index in [1.54, 1.807) is 6.26 Å². The number of aliphatic hydroxyl groups is 2. The molecular formula is C106H166N3O34Si3-. The van der Waals surface area contributed by atoms with Gasteiger partial charge in [-0.25, -0.2) is 9.59 Å². The minimum absolute atomic E-state index is 0. The number of aliphatic hydroxyl groups excluding tert-OH is 2. The van der Waals surface area contributed by atoms with Gasteiger partial charge in [0.2, 0.25) is 0 Å². The summed E-state index contributed by atoms with van der Waals surface area (Å²) in [4.78, 5) is 26.4.